The van der Waals surface area contributed by atoms with E-state index in [1.807, 2.05) is 6.92 Å². The number of methoxy groups -OCH3 is 2. The summed E-state index contributed by atoms with van der Waals surface area (Å²) in [7, 11) is 2.94. The third-order valence-corrected chi connectivity index (χ3v) is 2.83. The molecule has 110 valence electrons. The van der Waals surface area contributed by atoms with E-state index in [0.29, 0.717) is 23.0 Å². The van der Waals surface area contributed by atoms with Gasteiger partial charge in [-0.3, -0.25) is 10.1 Å². The third-order valence-electron chi connectivity index (χ3n) is 2.83. The molecule has 1 aromatic carbocycles. The van der Waals surface area contributed by atoms with E-state index in [-0.39, 0.29) is 11.9 Å². The smallest absolute Gasteiger partial charge is 0.258 e. The molecule has 0 unspecified atom stereocenters. The molecule has 0 saturated carbocycles. The van der Waals surface area contributed by atoms with Crippen LogP contribution in [0.1, 0.15) is 15.9 Å². The maximum absolute atomic E-state index is 12.3. The molecule has 0 aliphatic carbocycles. The van der Waals surface area contributed by atoms with Crippen molar-refractivity contribution in [2.75, 3.05) is 25.3 Å². The van der Waals surface area contributed by atoms with Gasteiger partial charge in [-0.1, -0.05) is 6.07 Å². The summed E-state index contributed by atoms with van der Waals surface area (Å²) in [4.78, 5) is 20.3. The number of carbonyl (C=O) groups is 1. The number of hydrogen-bond donors (Lipinski definition) is 2. The summed E-state index contributed by atoms with van der Waals surface area (Å²) >= 11 is 0. The lowest BCUT2D eigenvalue weighted by Crippen LogP contribution is -2.16. The number of aryl methyl sites for hydroxylation is 1. The van der Waals surface area contributed by atoms with Gasteiger partial charge in [0.1, 0.15) is 0 Å². The van der Waals surface area contributed by atoms with Gasteiger partial charge in [0.15, 0.2) is 0 Å². The van der Waals surface area contributed by atoms with Crippen LogP contribution in [0.4, 0.5) is 11.6 Å². The SMILES string of the molecule is COc1cc(OC)nc(NC(=O)c2cc(N)ccc2C)n1. The molecular weight excluding hydrogens is 272 g/mol. The molecule has 7 nitrogen and oxygen atoms in total. The molecule has 1 heterocycles. The van der Waals surface area contributed by atoms with Crippen molar-refractivity contribution in [3.8, 4) is 11.8 Å². The molecule has 0 radical (unpaired) electrons. The molecule has 0 atom stereocenters. The van der Waals surface area contributed by atoms with E-state index in [4.69, 9.17) is 15.2 Å². The van der Waals surface area contributed by atoms with Crippen molar-refractivity contribution >= 4 is 17.5 Å². The molecule has 21 heavy (non-hydrogen) atoms. The van der Waals surface area contributed by atoms with Gasteiger partial charge in [-0.15, -0.1) is 0 Å². The van der Waals surface area contributed by atoms with E-state index in [0.717, 1.165) is 5.56 Å². The number of carbonyl (C=O) groups excluding carboxylic acids is 1. The quantitative estimate of drug-likeness (QED) is 0.830. The Morgan fingerprint density at radius 1 is 1.14 bits per heavy atom. The van der Waals surface area contributed by atoms with Gasteiger partial charge in [-0.25, -0.2) is 0 Å². The fraction of sp³-hybridized carbons (Fsp3) is 0.214. The molecule has 0 spiro atoms. The number of aromatic nitrogens is 2. The Hall–Kier alpha value is -2.83. The number of rotatable bonds is 4. The molecule has 2 rings (SSSR count). The standard InChI is InChI=1S/C14H16N4O3/c1-8-4-5-9(15)6-10(8)13(19)18-14-16-11(20-2)7-12(17-14)21-3/h4-7H,15H2,1-3H3,(H,16,17,18,19). The van der Waals surface area contributed by atoms with Crippen LogP contribution in [-0.2, 0) is 0 Å². The van der Waals surface area contributed by atoms with Crippen molar-refractivity contribution in [3.63, 3.8) is 0 Å². The zero-order valence-corrected chi connectivity index (χ0v) is 12.0. The number of nitrogens with one attached hydrogen (secondary N) is 1. The fourth-order valence-corrected chi connectivity index (χ4v) is 1.72. The first kappa shape index (κ1) is 14.6. The van der Waals surface area contributed by atoms with Gasteiger partial charge in [-0.05, 0) is 24.6 Å². The fourth-order valence-electron chi connectivity index (χ4n) is 1.72. The van der Waals surface area contributed by atoms with E-state index in [1.165, 1.54) is 20.3 Å². The third kappa shape index (κ3) is 3.38. The maximum Gasteiger partial charge on any atom is 0.258 e. The Bertz CT molecular complexity index is 651. The predicted octanol–water partition coefficient (Wildman–Crippen LogP) is 1.64. The molecule has 0 fully saturated rings. The van der Waals surface area contributed by atoms with Crippen LogP contribution in [-0.4, -0.2) is 30.1 Å². The average molecular weight is 288 g/mol. The van der Waals surface area contributed by atoms with Gasteiger partial charge in [0, 0.05) is 11.3 Å². The van der Waals surface area contributed by atoms with Crippen LogP contribution in [0.2, 0.25) is 0 Å². The highest BCUT2D eigenvalue weighted by atomic mass is 16.5. The van der Waals surface area contributed by atoms with E-state index in [1.54, 1.807) is 18.2 Å². The molecule has 3 N–H and O–H groups in total. The summed E-state index contributed by atoms with van der Waals surface area (Å²) in [6.45, 7) is 1.82. The van der Waals surface area contributed by atoms with Crippen molar-refractivity contribution in [1.29, 1.82) is 0 Å². The summed E-state index contributed by atoms with van der Waals surface area (Å²) in [5.74, 6) is 0.330. The van der Waals surface area contributed by atoms with Crippen molar-refractivity contribution in [2.45, 2.75) is 6.92 Å². The van der Waals surface area contributed by atoms with Crippen molar-refractivity contribution in [3.05, 3.63) is 35.4 Å². The first-order valence-electron chi connectivity index (χ1n) is 6.18. The lowest BCUT2D eigenvalue weighted by molar-refractivity contribution is 0.102. The van der Waals surface area contributed by atoms with Crippen LogP contribution < -0.4 is 20.5 Å². The zero-order valence-electron chi connectivity index (χ0n) is 12.0. The number of nitrogens with zero attached hydrogens (tertiary/aromatic N) is 2. The summed E-state index contributed by atoms with van der Waals surface area (Å²) in [5.41, 5.74) is 7.47. The molecule has 1 aromatic heterocycles. The number of amides is 1. The van der Waals surface area contributed by atoms with Gasteiger partial charge in [0.2, 0.25) is 17.7 Å². The van der Waals surface area contributed by atoms with E-state index >= 15 is 0 Å². The highest BCUT2D eigenvalue weighted by molar-refractivity contribution is 6.04. The first-order chi connectivity index (χ1) is 10.0. The maximum atomic E-state index is 12.3. The molecule has 0 aliphatic rings. The summed E-state index contributed by atoms with van der Waals surface area (Å²) in [6.07, 6.45) is 0. The zero-order chi connectivity index (χ0) is 15.4. The van der Waals surface area contributed by atoms with Crippen LogP contribution in [0.25, 0.3) is 0 Å². The van der Waals surface area contributed by atoms with Crippen LogP contribution >= 0.6 is 0 Å². The highest BCUT2D eigenvalue weighted by Crippen LogP contribution is 2.19. The summed E-state index contributed by atoms with van der Waals surface area (Å²) in [6, 6.07) is 6.62. The number of anilines is 2. The molecule has 0 bridgehead atoms. The second-order valence-corrected chi connectivity index (χ2v) is 4.30. The molecular formula is C14H16N4O3. The molecule has 0 aliphatic heterocycles. The normalized spacial score (nSPS) is 10.0. The molecule has 0 saturated heterocycles. The Kier molecular flexibility index (Phi) is 4.22. The van der Waals surface area contributed by atoms with Gasteiger partial charge in [0.05, 0.1) is 20.3 Å². The van der Waals surface area contributed by atoms with Crippen molar-refractivity contribution < 1.29 is 14.3 Å². The number of benzene rings is 1. The van der Waals surface area contributed by atoms with Gasteiger partial charge < -0.3 is 15.2 Å². The number of ether oxygens (including phenoxy) is 2. The van der Waals surface area contributed by atoms with E-state index in [2.05, 4.69) is 15.3 Å². The minimum atomic E-state index is -0.352. The molecule has 7 heteroatoms. The summed E-state index contributed by atoms with van der Waals surface area (Å²) in [5, 5.41) is 2.60. The van der Waals surface area contributed by atoms with Gasteiger partial charge in [-0.2, -0.15) is 9.97 Å². The Morgan fingerprint density at radius 3 is 2.33 bits per heavy atom. The summed E-state index contributed by atoms with van der Waals surface area (Å²) < 4.78 is 10.1. The molecule has 1 amide bonds. The minimum absolute atomic E-state index is 0.0954. The van der Waals surface area contributed by atoms with Crippen LogP contribution in [0.3, 0.4) is 0 Å². The van der Waals surface area contributed by atoms with Crippen LogP contribution in [0.15, 0.2) is 24.3 Å². The number of hydrogen-bond acceptors (Lipinski definition) is 6. The second-order valence-electron chi connectivity index (χ2n) is 4.30. The van der Waals surface area contributed by atoms with Crippen molar-refractivity contribution in [2.24, 2.45) is 0 Å². The Morgan fingerprint density at radius 2 is 1.76 bits per heavy atom. The average Bonchev–Trinajstić information content (AvgIpc) is 2.49. The van der Waals surface area contributed by atoms with E-state index in [9.17, 15) is 4.79 Å². The number of nitrogen functional groups attached to an aromatic ring is 1. The van der Waals surface area contributed by atoms with Crippen LogP contribution in [0.5, 0.6) is 11.8 Å². The topological polar surface area (TPSA) is 99.4 Å². The van der Waals surface area contributed by atoms with Crippen LogP contribution in [0, 0.1) is 6.92 Å². The second kappa shape index (κ2) is 6.08. The lowest BCUT2D eigenvalue weighted by Gasteiger charge is -2.09. The van der Waals surface area contributed by atoms with Gasteiger partial charge >= 0.3 is 0 Å². The lowest BCUT2D eigenvalue weighted by atomic mass is 10.1. The minimum Gasteiger partial charge on any atom is -0.481 e. The van der Waals surface area contributed by atoms with Crippen molar-refractivity contribution in [1.82, 2.24) is 9.97 Å². The highest BCUT2D eigenvalue weighted by Gasteiger charge is 2.13. The monoisotopic (exact) mass is 288 g/mol. The largest absolute Gasteiger partial charge is 0.481 e. The Balaban J connectivity index is 2.28. The predicted molar refractivity (Wildman–Crippen MR) is 78.7 cm³/mol. The number of nitrogens with two attached hydrogens (primary N) is 1. The Labute approximate surface area is 122 Å². The van der Waals surface area contributed by atoms with E-state index < -0.39 is 0 Å². The van der Waals surface area contributed by atoms with Gasteiger partial charge in [0.25, 0.3) is 5.91 Å². The molecule has 2 aromatic rings. The first-order valence-corrected chi connectivity index (χ1v) is 6.18.